The summed E-state index contributed by atoms with van der Waals surface area (Å²) in [6.45, 7) is 2.88. The summed E-state index contributed by atoms with van der Waals surface area (Å²) in [6, 6.07) is 4.29. The number of nitrogens with zero attached hydrogens (tertiary/aromatic N) is 1. The van der Waals surface area contributed by atoms with Crippen molar-refractivity contribution in [1.82, 2.24) is 10.2 Å². The molecule has 1 aliphatic rings. The van der Waals surface area contributed by atoms with E-state index in [1.54, 1.807) is 0 Å². The summed E-state index contributed by atoms with van der Waals surface area (Å²) in [5.74, 6) is -0.679. The standard InChI is InChI=1S/C15H22F2N2/c1-19(10-7-14-3-2-8-18-14)9-6-12-11-13(16)4-5-15(12)17/h4-5,11,14,18H,2-3,6-10H2,1H3. The number of hydrogen-bond acceptors (Lipinski definition) is 2. The van der Waals surface area contributed by atoms with Gasteiger partial charge in [-0.3, -0.25) is 0 Å². The largest absolute Gasteiger partial charge is 0.314 e. The molecule has 1 aromatic carbocycles. The van der Waals surface area contributed by atoms with Gasteiger partial charge in [0.2, 0.25) is 0 Å². The predicted octanol–water partition coefficient (Wildman–Crippen LogP) is 2.58. The van der Waals surface area contributed by atoms with Crippen LogP contribution < -0.4 is 5.32 Å². The number of likely N-dealkylation sites (N-methyl/N-ethyl adjacent to an activating group) is 1. The van der Waals surface area contributed by atoms with Crippen molar-refractivity contribution in [2.24, 2.45) is 0 Å². The lowest BCUT2D eigenvalue weighted by atomic mass is 10.1. The van der Waals surface area contributed by atoms with Gasteiger partial charge in [0.15, 0.2) is 0 Å². The molecule has 4 heteroatoms. The average molecular weight is 268 g/mol. The zero-order valence-electron chi connectivity index (χ0n) is 11.5. The summed E-state index contributed by atoms with van der Waals surface area (Å²) in [5, 5.41) is 3.47. The Morgan fingerprint density at radius 1 is 1.32 bits per heavy atom. The maximum Gasteiger partial charge on any atom is 0.126 e. The van der Waals surface area contributed by atoms with Crippen molar-refractivity contribution < 1.29 is 8.78 Å². The molecule has 1 aliphatic heterocycles. The molecule has 1 atom stereocenters. The topological polar surface area (TPSA) is 15.3 Å². The molecular formula is C15H22F2N2. The molecule has 106 valence electrons. The Kier molecular flexibility index (Phi) is 5.28. The number of nitrogens with one attached hydrogen (secondary N) is 1. The minimum Gasteiger partial charge on any atom is -0.314 e. The van der Waals surface area contributed by atoms with Crippen LogP contribution in [0.15, 0.2) is 18.2 Å². The van der Waals surface area contributed by atoms with Crippen molar-refractivity contribution in [1.29, 1.82) is 0 Å². The molecule has 1 unspecified atom stereocenters. The summed E-state index contributed by atoms with van der Waals surface area (Å²) in [7, 11) is 2.03. The molecule has 1 N–H and O–H groups in total. The van der Waals surface area contributed by atoms with Crippen molar-refractivity contribution in [3.05, 3.63) is 35.4 Å². The van der Waals surface area contributed by atoms with E-state index in [4.69, 9.17) is 0 Å². The third-order valence-electron chi connectivity index (χ3n) is 3.79. The maximum absolute atomic E-state index is 13.5. The fraction of sp³-hybridized carbons (Fsp3) is 0.600. The molecule has 0 bridgehead atoms. The molecule has 0 amide bonds. The average Bonchev–Trinajstić information content (AvgIpc) is 2.90. The van der Waals surface area contributed by atoms with E-state index in [1.165, 1.54) is 25.0 Å². The van der Waals surface area contributed by atoms with Crippen LogP contribution >= 0.6 is 0 Å². The van der Waals surface area contributed by atoms with E-state index < -0.39 is 0 Å². The molecule has 2 nitrogen and oxygen atoms in total. The second kappa shape index (κ2) is 6.96. The van der Waals surface area contributed by atoms with Gasteiger partial charge in [0, 0.05) is 12.6 Å². The molecule has 1 fully saturated rings. The van der Waals surface area contributed by atoms with Gasteiger partial charge in [-0.2, -0.15) is 0 Å². The van der Waals surface area contributed by atoms with Gasteiger partial charge in [0.05, 0.1) is 0 Å². The lowest BCUT2D eigenvalue weighted by Gasteiger charge is -2.19. The second-order valence-electron chi connectivity index (χ2n) is 5.37. The summed E-state index contributed by atoms with van der Waals surface area (Å²) in [6.07, 6.45) is 4.20. The van der Waals surface area contributed by atoms with E-state index in [-0.39, 0.29) is 11.6 Å². The first-order valence-electron chi connectivity index (χ1n) is 7.01. The van der Waals surface area contributed by atoms with Gasteiger partial charge in [-0.1, -0.05) is 0 Å². The van der Waals surface area contributed by atoms with Gasteiger partial charge >= 0.3 is 0 Å². The minimum atomic E-state index is -0.366. The van der Waals surface area contributed by atoms with Crippen molar-refractivity contribution in [3.8, 4) is 0 Å². The molecule has 1 heterocycles. The zero-order valence-corrected chi connectivity index (χ0v) is 11.5. The number of hydrogen-bond donors (Lipinski definition) is 1. The second-order valence-corrected chi connectivity index (χ2v) is 5.37. The molecular weight excluding hydrogens is 246 g/mol. The van der Waals surface area contributed by atoms with Gasteiger partial charge in [-0.05, 0) is 69.6 Å². The zero-order chi connectivity index (χ0) is 13.7. The fourth-order valence-corrected chi connectivity index (χ4v) is 2.54. The van der Waals surface area contributed by atoms with Crippen molar-refractivity contribution in [2.45, 2.75) is 31.7 Å². The van der Waals surface area contributed by atoms with Crippen molar-refractivity contribution in [3.63, 3.8) is 0 Å². The van der Waals surface area contributed by atoms with E-state index in [0.29, 0.717) is 18.0 Å². The Morgan fingerprint density at radius 2 is 2.16 bits per heavy atom. The number of benzene rings is 1. The van der Waals surface area contributed by atoms with E-state index in [1.807, 2.05) is 7.05 Å². The highest BCUT2D eigenvalue weighted by atomic mass is 19.1. The van der Waals surface area contributed by atoms with Gasteiger partial charge in [-0.15, -0.1) is 0 Å². The summed E-state index contributed by atoms with van der Waals surface area (Å²) < 4.78 is 26.5. The Bertz CT molecular complexity index is 403. The molecule has 1 aromatic rings. The Labute approximate surface area is 113 Å². The van der Waals surface area contributed by atoms with Crippen molar-refractivity contribution >= 4 is 0 Å². The highest BCUT2D eigenvalue weighted by Crippen LogP contribution is 2.12. The smallest absolute Gasteiger partial charge is 0.126 e. The van der Waals surface area contributed by atoms with Crippen molar-refractivity contribution in [2.75, 3.05) is 26.7 Å². The highest BCUT2D eigenvalue weighted by molar-refractivity contribution is 5.18. The van der Waals surface area contributed by atoms with Crippen LogP contribution in [0, 0.1) is 11.6 Å². The molecule has 1 saturated heterocycles. The first-order valence-corrected chi connectivity index (χ1v) is 7.01. The maximum atomic E-state index is 13.5. The first kappa shape index (κ1) is 14.4. The van der Waals surface area contributed by atoms with Crippen LogP contribution in [0.2, 0.25) is 0 Å². The van der Waals surface area contributed by atoms with E-state index in [0.717, 1.165) is 32.1 Å². The molecule has 0 saturated carbocycles. The minimum absolute atomic E-state index is 0.313. The Morgan fingerprint density at radius 3 is 2.89 bits per heavy atom. The summed E-state index contributed by atoms with van der Waals surface area (Å²) in [5.41, 5.74) is 0.464. The van der Waals surface area contributed by atoms with Gasteiger partial charge < -0.3 is 10.2 Å². The lowest BCUT2D eigenvalue weighted by molar-refractivity contribution is 0.315. The van der Waals surface area contributed by atoms with Gasteiger partial charge in [0.25, 0.3) is 0 Å². The fourth-order valence-electron chi connectivity index (χ4n) is 2.54. The molecule has 2 rings (SSSR count). The SMILES string of the molecule is CN(CCc1cc(F)ccc1F)CCC1CCCN1. The van der Waals surface area contributed by atoms with Crippen LogP contribution in [0.1, 0.15) is 24.8 Å². The molecule has 0 aromatic heterocycles. The number of rotatable bonds is 6. The van der Waals surface area contributed by atoms with Crippen LogP contribution in [-0.4, -0.2) is 37.6 Å². The highest BCUT2D eigenvalue weighted by Gasteiger charge is 2.14. The third-order valence-corrected chi connectivity index (χ3v) is 3.79. The molecule has 0 radical (unpaired) electrons. The van der Waals surface area contributed by atoms with E-state index in [9.17, 15) is 8.78 Å². The van der Waals surface area contributed by atoms with Crippen LogP contribution in [0.4, 0.5) is 8.78 Å². The quantitative estimate of drug-likeness (QED) is 0.853. The monoisotopic (exact) mass is 268 g/mol. The van der Waals surface area contributed by atoms with E-state index >= 15 is 0 Å². The molecule has 0 aliphatic carbocycles. The van der Waals surface area contributed by atoms with E-state index in [2.05, 4.69) is 10.2 Å². The summed E-state index contributed by atoms with van der Waals surface area (Å²) >= 11 is 0. The molecule has 0 spiro atoms. The first-order chi connectivity index (χ1) is 9.15. The van der Waals surface area contributed by atoms with Crippen LogP contribution in [0.25, 0.3) is 0 Å². The van der Waals surface area contributed by atoms with Crippen LogP contribution in [0.3, 0.4) is 0 Å². The molecule has 19 heavy (non-hydrogen) atoms. The number of halogens is 2. The normalized spacial score (nSPS) is 19.3. The third kappa shape index (κ3) is 4.55. The predicted molar refractivity (Wildman–Crippen MR) is 73.2 cm³/mol. The Balaban J connectivity index is 1.73. The van der Waals surface area contributed by atoms with Gasteiger partial charge in [0.1, 0.15) is 11.6 Å². The van der Waals surface area contributed by atoms with Gasteiger partial charge in [-0.25, -0.2) is 8.78 Å². The lowest BCUT2D eigenvalue weighted by Crippen LogP contribution is -2.29. The van der Waals surface area contributed by atoms with Crippen LogP contribution in [-0.2, 0) is 6.42 Å². The Hall–Kier alpha value is -1.00. The van der Waals surface area contributed by atoms with Crippen LogP contribution in [0.5, 0.6) is 0 Å². The summed E-state index contributed by atoms with van der Waals surface area (Å²) in [4.78, 5) is 2.18.